The smallest absolute Gasteiger partial charge is 0.239 e. The fraction of sp³-hybridized carbons (Fsp3) is 0.583. The fourth-order valence-corrected chi connectivity index (χ4v) is 2.66. The Bertz CT molecular complexity index is 533. The molecule has 2 heterocycles. The Morgan fingerprint density at radius 1 is 1.37 bits per heavy atom. The van der Waals surface area contributed by atoms with E-state index in [9.17, 15) is 8.42 Å². The largest absolute Gasteiger partial charge is 0.357 e. The van der Waals surface area contributed by atoms with E-state index in [2.05, 4.69) is 16.8 Å². The maximum atomic E-state index is 11.2. The van der Waals surface area contributed by atoms with Crippen molar-refractivity contribution in [1.29, 1.82) is 0 Å². The van der Waals surface area contributed by atoms with Crippen LogP contribution >= 0.6 is 0 Å². The molecular weight excluding hydrogens is 264 g/mol. The Morgan fingerprint density at radius 3 is 2.42 bits per heavy atom. The SMILES string of the molecule is CC1(CN)CCN(c2ccc(S(N)(=O)=O)cn2)CC1. The first kappa shape index (κ1) is 14.2. The number of hydrogen-bond acceptors (Lipinski definition) is 5. The zero-order valence-corrected chi connectivity index (χ0v) is 11.9. The van der Waals surface area contributed by atoms with Gasteiger partial charge in [0.2, 0.25) is 10.0 Å². The molecule has 1 aliphatic heterocycles. The van der Waals surface area contributed by atoms with E-state index in [0.717, 1.165) is 31.7 Å². The second-order valence-electron chi connectivity index (χ2n) is 5.40. The molecule has 0 atom stereocenters. The molecule has 0 bridgehead atoms. The maximum absolute atomic E-state index is 11.2. The van der Waals surface area contributed by atoms with Crippen LogP contribution in [0.5, 0.6) is 0 Å². The highest BCUT2D eigenvalue weighted by atomic mass is 32.2. The summed E-state index contributed by atoms with van der Waals surface area (Å²) in [4.78, 5) is 6.36. The molecule has 0 saturated carbocycles. The molecule has 0 aliphatic carbocycles. The minimum Gasteiger partial charge on any atom is -0.357 e. The van der Waals surface area contributed by atoms with Crippen molar-refractivity contribution in [3.63, 3.8) is 0 Å². The fourth-order valence-electron chi connectivity index (χ4n) is 2.21. The molecule has 106 valence electrons. The van der Waals surface area contributed by atoms with Crippen molar-refractivity contribution in [3.05, 3.63) is 18.3 Å². The zero-order valence-electron chi connectivity index (χ0n) is 11.0. The summed E-state index contributed by atoms with van der Waals surface area (Å²) in [5.41, 5.74) is 5.98. The van der Waals surface area contributed by atoms with Crippen LogP contribution in [0.2, 0.25) is 0 Å². The van der Waals surface area contributed by atoms with Crippen molar-refractivity contribution < 1.29 is 8.42 Å². The van der Waals surface area contributed by atoms with Gasteiger partial charge in [-0.3, -0.25) is 0 Å². The summed E-state index contributed by atoms with van der Waals surface area (Å²) < 4.78 is 22.3. The first-order valence-electron chi connectivity index (χ1n) is 6.28. The topological polar surface area (TPSA) is 102 Å². The van der Waals surface area contributed by atoms with E-state index in [1.54, 1.807) is 6.07 Å². The van der Waals surface area contributed by atoms with Gasteiger partial charge in [0.25, 0.3) is 0 Å². The number of rotatable bonds is 3. The van der Waals surface area contributed by atoms with Crippen molar-refractivity contribution in [1.82, 2.24) is 4.98 Å². The van der Waals surface area contributed by atoms with Gasteiger partial charge in [-0.25, -0.2) is 18.5 Å². The molecule has 0 aromatic carbocycles. The summed E-state index contributed by atoms with van der Waals surface area (Å²) in [6, 6.07) is 3.19. The quantitative estimate of drug-likeness (QED) is 0.830. The number of aromatic nitrogens is 1. The van der Waals surface area contributed by atoms with E-state index in [1.807, 2.05) is 0 Å². The van der Waals surface area contributed by atoms with Crippen LogP contribution in [0.15, 0.2) is 23.2 Å². The predicted molar refractivity (Wildman–Crippen MR) is 74.2 cm³/mol. The monoisotopic (exact) mass is 284 g/mol. The van der Waals surface area contributed by atoms with Gasteiger partial charge in [-0.1, -0.05) is 6.92 Å². The molecule has 4 N–H and O–H groups in total. The van der Waals surface area contributed by atoms with E-state index in [4.69, 9.17) is 10.9 Å². The van der Waals surface area contributed by atoms with Crippen molar-refractivity contribution in [2.24, 2.45) is 16.3 Å². The Balaban J connectivity index is 2.09. The lowest BCUT2D eigenvalue weighted by Gasteiger charge is -2.39. The number of piperidine rings is 1. The summed E-state index contributed by atoms with van der Waals surface area (Å²) in [6.07, 6.45) is 3.34. The van der Waals surface area contributed by atoms with Gasteiger partial charge < -0.3 is 10.6 Å². The third kappa shape index (κ3) is 3.23. The average Bonchev–Trinajstić information content (AvgIpc) is 2.39. The molecule has 0 radical (unpaired) electrons. The minimum atomic E-state index is -3.67. The van der Waals surface area contributed by atoms with Gasteiger partial charge in [-0.05, 0) is 36.9 Å². The van der Waals surface area contributed by atoms with Crippen LogP contribution in [-0.2, 0) is 10.0 Å². The number of nitrogens with two attached hydrogens (primary N) is 2. The molecule has 1 fully saturated rings. The summed E-state index contributed by atoms with van der Waals surface area (Å²) >= 11 is 0. The molecule has 1 saturated heterocycles. The lowest BCUT2D eigenvalue weighted by molar-refractivity contribution is 0.258. The van der Waals surface area contributed by atoms with E-state index in [1.165, 1.54) is 12.3 Å². The second-order valence-corrected chi connectivity index (χ2v) is 6.96. The predicted octanol–water partition coefficient (Wildman–Crippen LogP) is 0.294. The lowest BCUT2D eigenvalue weighted by Crippen LogP contribution is -2.42. The van der Waals surface area contributed by atoms with Crippen LogP contribution in [0.3, 0.4) is 0 Å². The van der Waals surface area contributed by atoms with E-state index >= 15 is 0 Å². The first-order chi connectivity index (χ1) is 8.84. The molecule has 0 unspecified atom stereocenters. The molecule has 0 spiro atoms. The number of hydrogen-bond donors (Lipinski definition) is 2. The standard InChI is InChI=1S/C12H20N4O2S/c1-12(9-13)4-6-16(7-5-12)11-3-2-10(8-15-11)19(14,17)18/h2-3,8H,4-7,9,13H2,1H3,(H2,14,17,18). The van der Waals surface area contributed by atoms with Gasteiger partial charge in [0.1, 0.15) is 10.7 Å². The molecule has 1 aliphatic rings. The number of anilines is 1. The second kappa shape index (κ2) is 5.07. The highest BCUT2D eigenvalue weighted by Gasteiger charge is 2.29. The Labute approximate surface area is 113 Å². The molecule has 2 rings (SSSR count). The van der Waals surface area contributed by atoms with E-state index in [-0.39, 0.29) is 10.3 Å². The van der Waals surface area contributed by atoms with Crippen molar-refractivity contribution in [3.8, 4) is 0 Å². The Kier molecular flexibility index (Phi) is 3.80. The van der Waals surface area contributed by atoms with Crippen LogP contribution < -0.4 is 15.8 Å². The van der Waals surface area contributed by atoms with Crippen LogP contribution in [-0.4, -0.2) is 33.0 Å². The van der Waals surface area contributed by atoms with Gasteiger partial charge in [0.15, 0.2) is 0 Å². The number of sulfonamides is 1. The average molecular weight is 284 g/mol. The third-order valence-electron chi connectivity index (χ3n) is 3.84. The minimum absolute atomic E-state index is 0.0417. The molecule has 7 heteroatoms. The van der Waals surface area contributed by atoms with Gasteiger partial charge in [-0.2, -0.15) is 0 Å². The summed E-state index contributed by atoms with van der Waals surface area (Å²) in [7, 11) is -3.67. The van der Waals surface area contributed by atoms with E-state index < -0.39 is 10.0 Å². The Hall–Kier alpha value is -1.18. The maximum Gasteiger partial charge on any atom is 0.239 e. The van der Waals surface area contributed by atoms with E-state index in [0.29, 0.717) is 6.54 Å². The van der Waals surface area contributed by atoms with Crippen LogP contribution in [0.1, 0.15) is 19.8 Å². The van der Waals surface area contributed by atoms with Gasteiger partial charge in [-0.15, -0.1) is 0 Å². The normalized spacial score (nSPS) is 19.4. The van der Waals surface area contributed by atoms with Crippen molar-refractivity contribution >= 4 is 15.8 Å². The molecule has 1 aromatic heterocycles. The Morgan fingerprint density at radius 2 is 2.00 bits per heavy atom. The molecule has 0 amide bonds. The van der Waals surface area contributed by atoms with Crippen LogP contribution in [0.25, 0.3) is 0 Å². The number of pyridine rings is 1. The third-order valence-corrected chi connectivity index (χ3v) is 4.74. The summed E-state index contributed by atoms with van der Waals surface area (Å²) in [5.74, 6) is 0.784. The molecule has 6 nitrogen and oxygen atoms in total. The highest BCUT2D eigenvalue weighted by Crippen LogP contribution is 2.31. The van der Waals surface area contributed by atoms with Gasteiger partial charge in [0, 0.05) is 19.3 Å². The summed E-state index contributed by atoms with van der Waals surface area (Å²) in [6.45, 7) is 4.66. The van der Waals surface area contributed by atoms with Crippen molar-refractivity contribution in [2.75, 3.05) is 24.5 Å². The highest BCUT2D eigenvalue weighted by molar-refractivity contribution is 7.89. The lowest BCUT2D eigenvalue weighted by atomic mass is 9.80. The van der Waals surface area contributed by atoms with Gasteiger partial charge in [0.05, 0.1) is 0 Å². The molecule has 1 aromatic rings. The molecule has 19 heavy (non-hydrogen) atoms. The number of primary sulfonamides is 1. The summed E-state index contributed by atoms with van der Waals surface area (Å²) in [5, 5.41) is 5.04. The van der Waals surface area contributed by atoms with Gasteiger partial charge >= 0.3 is 0 Å². The first-order valence-corrected chi connectivity index (χ1v) is 7.83. The zero-order chi connectivity index (χ0) is 14.1. The molecular formula is C12H20N4O2S. The van der Waals surface area contributed by atoms with Crippen LogP contribution in [0, 0.1) is 5.41 Å². The van der Waals surface area contributed by atoms with Crippen molar-refractivity contribution in [2.45, 2.75) is 24.7 Å². The van der Waals surface area contributed by atoms with Crippen LogP contribution in [0.4, 0.5) is 5.82 Å². The number of nitrogens with zero attached hydrogens (tertiary/aromatic N) is 2.